The molecule has 5 nitrogen and oxygen atoms in total. The lowest BCUT2D eigenvalue weighted by Gasteiger charge is -2.07. The van der Waals surface area contributed by atoms with E-state index in [1.807, 2.05) is 12.1 Å². The number of halogens is 1. The molecule has 24 heavy (non-hydrogen) atoms. The number of hydrogen-bond acceptors (Lipinski definition) is 4. The summed E-state index contributed by atoms with van der Waals surface area (Å²) in [5, 5.41) is 4.31. The van der Waals surface area contributed by atoms with Crippen LogP contribution in [0.2, 0.25) is 5.02 Å². The van der Waals surface area contributed by atoms with Gasteiger partial charge in [0, 0.05) is 5.56 Å². The van der Waals surface area contributed by atoms with E-state index >= 15 is 0 Å². The van der Waals surface area contributed by atoms with E-state index in [9.17, 15) is 4.79 Å². The Morgan fingerprint density at radius 2 is 1.88 bits per heavy atom. The third-order valence-electron chi connectivity index (χ3n) is 2.82. The molecule has 122 valence electrons. The normalized spacial score (nSPS) is 10.2. The molecule has 1 N–H and O–H groups in total. The van der Waals surface area contributed by atoms with Gasteiger partial charge >= 0.3 is 0 Å². The van der Waals surface area contributed by atoms with Crippen LogP contribution in [0.3, 0.4) is 0 Å². The van der Waals surface area contributed by atoms with Crippen molar-refractivity contribution in [3.05, 3.63) is 59.1 Å². The molecule has 6 heteroatoms. The summed E-state index contributed by atoms with van der Waals surface area (Å²) >= 11 is 5.94. The predicted molar refractivity (Wildman–Crippen MR) is 93.5 cm³/mol. The minimum absolute atomic E-state index is 0.156. The number of terminal acetylenes is 1. The van der Waals surface area contributed by atoms with Crippen molar-refractivity contribution in [3.63, 3.8) is 0 Å². The van der Waals surface area contributed by atoms with E-state index in [0.29, 0.717) is 22.1 Å². The Hall–Kier alpha value is -2.97. The van der Waals surface area contributed by atoms with Gasteiger partial charge in [0.1, 0.15) is 18.1 Å². The Morgan fingerprint density at radius 1 is 1.17 bits per heavy atom. The zero-order valence-electron chi connectivity index (χ0n) is 12.7. The SMILES string of the molecule is C#CCOc1ccccc1/C=N\NC(=O)COc1ccccc1Cl. The number of ether oxygens (including phenoxy) is 2. The van der Waals surface area contributed by atoms with Gasteiger partial charge in [0.15, 0.2) is 6.61 Å². The van der Waals surface area contributed by atoms with Crippen molar-refractivity contribution in [2.75, 3.05) is 13.2 Å². The number of carbonyl (C=O) groups excluding carboxylic acids is 1. The first-order valence-electron chi connectivity index (χ1n) is 7.05. The molecule has 1 amide bonds. The van der Waals surface area contributed by atoms with Crippen LogP contribution in [0, 0.1) is 12.3 Å². The molecule has 2 aromatic rings. The van der Waals surface area contributed by atoms with Gasteiger partial charge in [-0.1, -0.05) is 41.8 Å². The standard InChI is InChI=1S/C18H15ClN2O3/c1-2-11-23-16-9-5-3-7-14(16)12-20-21-18(22)13-24-17-10-6-4-8-15(17)19/h1,3-10,12H,11,13H2,(H,21,22)/b20-12-. The fourth-order valence-electron chi connectivity index (χ4n) is 1.75. The summed E-state index contributed by atoms with van der Waals surface area (Å²) in [7, 11) is 0. The number of nitrogens with one attached hydrogen (secondary N) is 1. The van der Waals surface area contributed by atoms with Gasteiger partial charge in [0.25, 0.3) is 5.91 Å². The molecule has 0 aliphatic rings. The van der Waals surface area contributed by atoms with Gasteiger partial charge in [-0.2, -0.15) is 5.10 Å². The van der Waals surface area contributed by atoms with E-state index < -0.39 is 5.91 Å². The molecular weight excluding hydrogens is 328 g/mol. The summed E-state index contributed by atoms with van der Waals surface area (Å²) < 4.78 is 10.7. The Kier molecular flexibility index (Phi) is 6.69. The molecule has 0 unspecified atom stereocenters. The molecule has 0 saturated carbocycles. The number of carbonyl (C=O) groups is 1. The lowest BCUT2D eigenvalue weighted by atomic mass is 10.2. The first-order valence-corrected chi connectivity index (χ1v) is 7.43. The van der Waals surface area contributed by atoms with Crippen LogP contribution in [0.15, 0.2) is 53.6 Å². The van der Waals surface area contributed by atoms with E-state index in [2.05, 4.69) is 16.4 Å². The minimum Gasteiger partial charge on any atom is -0.482 e. The van der Waals surface area contributed by atoms with Crippen LogP contribution >= 0.6 is 11.6 Å². The number of hydrogen-bond donors (Lipinski definition) is 1. The van der Waals surface area contributed by atoms with Crippen LogP contribution < -0.4 is 14.9 Å². The molecule has 2 rings (SSSR count). The average Bonchev–Trinajstić information content (AvgIpc) is 2.60. The van der Waals surface area contributed by atoms with E-state index in [0.717, 1.165) is 0 Å². The zero-order valence-corrected chi connectivity index (χ0v) is 13.5. The molecule has 0 aliphatic heterocycles. The lowest BCUT2D eigenvalue weighted by Crippen LogP contribution is -2.24. The van der Waals surface area contributed by atoms with Crippen molar-refractivity contribution in [2.45, 2.75) is 0 Å². The third kappa shape index (κ3) is 5.34. The van der Waals surface area contributed by atoms with Crippen LogP contribution in [0.25, 0.3) is 0 Å². The van der Waals surface area contributed by atoms with Crippen LogP contribution in [0.1, 0.15) is 5.56 Å². The summed E-state index contributed by atoms with van der Waals surface area (Å²) in [4.78, 5) is 11.7. The van der Waals surface area contributed by atoms with E-state index in [-0.39, 0.29) is 13.2 Å². The Bertz CT molecular complexity index is 769. The van der Waals surface area contributed by atoms with E-state index in [4.69, 9.17) is 27.5 Å². The molecule has 0 atom stereocenters. The molecule has 0 aromatic heterocycles. The van der Waals surface area contributed by atoms with Gasteiger partial charge in [-0.3, -0.25) is 4.79 Å². The highest BCUT2D eigenvalue weighted by Gasteiger charge is 2.04. The second-order valence-electron chi connectivity index (χ2n) is 4.54. The van der Waals surface area contributed by atoms with Crippen LogP contribution in [0.4, 0.5) is 0 Å². The monoisotopic (exact) mass is 342 g/mol. The highest BCUT2D eigenvalue weighted by atomic mass is 35.5. The van der Waals surface area contributed by atoms with Crippen LogP contribution in [-0.2, 0) is 4.79 Å². The number of benzene rings is 2. The summed E-state index contributed by atoms with van der Waals surface area (Å²) in [5.41, 5.74) is 3.07. The molecule has 2 aromatic carbocycles. The maximum Gasteiger partial charge on any atom is 0.277 e. The van der Waals surface area contributed by atoms with Crippen molar-refractivity contribution in [1.29, 1.82) is 0 Å². The summed E-state index contributed by atoms with van der Waals surface area (Å²) in [6.45, 7) is -0.0425. The number of rotatable bonds is 7. The quantitative estimate of drug-likeness (QED) is 0.478. The summed E-state index contributed by atoms with van der Waals surface area (Å²) in [6.07, 6.45) is 6.64. The largest absolute Gasteiger partial charge is 0.482 e. The van der Waals surface area contributed by atoms with Crippen molar-refractivity contribution in [1.82, 2.24) is 5.43 Å². The van der Waals surface area contributed by atoms with Crippen molar-refractivity contribution in [2.24, 2.45) is 5.10 Å². The number of amides is 1. The van der Waals surface area contributed by atoms with Gasteiger partial charge in [-0.15, -0.1) is 6.42 Å². The van der Waals surface area contributed by atoms with Crippen molar-refractivity contribution >= 4 is 23.7 Å². The summed E-state index contributed by atoms with van der Waals surface area (Å²) in [6, 6.07) is 14.1. The van der Waals surface area contributed by atoms with Gasteiger partial charge < -0.3 is 9.47 Å². The fourth-order valence-corrected chi connectivity index (χ4v) is 1.94. The average molecular weight is 343 g/mol. The molecule has 0 fully saturated rings. The lowest BCUT2D eigenvalue weighted by molar-refractivity contribution is -0.123. The molecule has 0 heterocycles. The van der Waals surface area contributed by atoms with Crippen LogP contribution in [0.5, 0.6) is 11.5 Å². The van der Waals surface area contributed by atoms with Crippen LogP contribution in [-0.4, -0.2) is 25.3 Å². The summed E-state index contributed by atoms with van der Waals surface area (Å²) in [5.74, 6) is 3.00. The number of nitrogens with zero attached hydrogens (tertiary/aromatic N) is 1. The minimum atomic E-state index is -0.409. The highest BCUT2D eigenvalue weighted by Crippen LogP contribution is 2.22. The van der Waals surface area contributed by atoms with Crippen molar-refractivity contribution < 1.29 is 14.3 Å². The molecule has 0 spiro atoms. The van der Waals surface area contributed by atoms with E-state index in [1.54, 1.807) is 36.4 Å². The Morgan fingerprint density at radius 3 is 2.62 bits per heavy atom. The predicted octanol–water partition coefficient (Wildman–Crippen LogP) is 2.88. The third-order valence-corrected chi connectivity index (χ3v) is 3.13. The molecule has 0 radical (unpaired) electrons. The maximum absolute atomic E-state index is 11.7. The maximum atomic E-state index is 11.7. The zero-order chi connectivity index (χ0) is 17.2. The number of hydrazone groups is 1. The van der Waals surface area contributed by atoms with Gasteiger partial charge in [-0.25, -0.2) is 5.43 Å². The van der Waals surface area contributed by atoms with Crippen molar-refractivity contribution in [3.8, 4) is 23.8 Å². The van der Waals surface area contributed by atoms with E-state index in [1.165, 1.54) is 6.21 Å². The van der Waals surface area contributed by atoms with Gasteiger partial charge in [0.2, 0.25) is 0 Å². The first-order chi connectivity index (χ1) is 11.7. The van der Waals surface area contributed by atoms with Gasteiger partial charge in [-0.05, 0) is 24.3 Å². The second kappa shape index (κ2) is 9.23. The first kappa shape index (κ1) is 17.4. The highest BCUT2D eigenvalue weighted by molar-refractivity contribution is 6.32. The number of para-hydroxylation sites is 2. The second-order valence-corrected chi connectivity index (χ2v) is 4.95. The smallest absolute Gasteiger partial charge is 0.277 e. The van der Waals surface area contributed by atoms with Gasteiger partial charge in [0.05, 0.1) is 11.2 Å². The Labute approximate surface area is 145 Å². The molecule has 0 aliphatic carbocycles. The topological polar surface area (TPSA) is 59.9 Å². The Balaban J connectivity index is 1.87. The molecular formula is C18H15ClN2O3. The fraction of sp³-hybridized carbons (Fsp3) is 0.111. The molecule has 0 saturated heterocycles. The molecule has 0 bridgehead atoms.